The number of nitrogens with zero attached hydrogens (tertiary/aromatic N) is 1. The molecule has 2 aromatic heterocycles. The lowest BCUT2D eigenvalue weighted by Crippen LogP contribution is -2.29. The fourth-order valence-electron chi connectivity index (χ4n) is 2.19. The van der Waals surface area contributed by atoms with Crippen LogP contribution in [0.15, 0.2) is 52.3 Å². The summed E-state index contributed by atoms with van der Waals surface area (Å²) < 4.78 is 1.11. The Hall–Kier alpha value is -1.27. The number of rotatable bonds is 4. The average Bonchev–Trinajstić information content (AvgIpc) is 2.91. The molecule has 0 radical (unpaired) electrons. The van der Waals surface area contributed by atoms with Gasteiger partial charge in [-0.1, -0.05) is 24.3 Å². The van der Waals surface area contributed by atoms with Crippen LogP contribution in [0.4, 0.5) is 0 Å². The largest absolute Gasteiger partial charge is 0.271 e. The summed E-state index contributed by atoms with van der Waals surface area (Å²) in [6.07, 6.45) is 0.772. The summed E-state index contributed by atoms with van der Waals surface area (Å²) in [6, 6.07) is 16.5. The van der Waals surface area contributed by atoms with Crippen molar-refractivity contribution in [3.05, 3.63) is 62.9 Å². The fourth-order valence-corrected chi connectivity index (χ4v) is 3.67. The Labute approximate surface area is 129 Å². The van der Waals surface area contributed by atoms with E-state index in [0.29, 0.717) is 0 Å². The predicted molar refractivity (Wildman–Crippen MR) is 87.5 cm³/mol. The van der Waals surface area contributed by atoms with Crippen molar-refractivity contribution in [3.63, 3.8) is 0 Å². The van der Waals surface area contributed by atoms with Gasteiger partial charge in [-0.3, -0.25) is 16.3 Å². The highest BCUT2D eigenvalue weighted by Gasteiger charge is 2.13. The molecule has 0 bridgehead atoms. The molecule has 0 aliphatic heterocycles. The minimum Gasteiger partial charge on any atom is -0.271 e. The molecule has 5 heteroatoms. The standard InChI is InChI=1S/C15H14BrN3S/c16-15-8-7-14(20-15)13(19-17)9-11-6-5-10-3-1-2-4-12(10)18-11/h1-8,13,19H,9,17H2. The second kappa shape index (κ2) is 6.01. The Balaban J connectivity index is 1.87. The number of pyridine rings is 1. The lowest BCUT2D eigenvalue weighted by Gasteiger charge is -2.14. The first-order valence-corrected chi connectivity index (χ1v) is 7.93. The van der Waals surface area contributed by atoms with Crippen LogP contribution in [0.25, 0.3) is 10.9 Å². The number of thiophene rings is 1. The smallest absolute Gasteiger partial charge is 0.0705 e. The van der Waals surface area contributed by atoms with Crippen LogP contribution in [0.2, 0.25) is 0 Å². The Morgan fingerprint density at radius 2 is 2.00 bits per heavy atom. The number of nitrogens with two attached hydrogens (primary N) is 1. The molecule has 0 saturated carbocycles. The van der Waals surface area contributed by atoms with Gasteiger partial charge in [-0.25, -0.2) is 0 Å². The van der Waals surface area contributed by atoms with Gasteiger partial charge < -0.3 is 0 Å². The van der Waals surface area contributed by atoms with E-state index in [1.54, 1.807) is 11.3 Å². The summed E-state index contributed by atoms with van der Waals surface area (Å²) in [4.78, 5) is 5.90. The van der Waals surface area contributed by atoms with Crippen molar-refractivity contribution in [2.24, 2.45) is 5.84 Å². The van der Waals surface area contributed by atoms with E-state index in [2.05, 4.69) is 45.6 Å². The van der Waals surface area contributed by atoms with Crippen molar-refractivity contribution >= 4 is 38.2 Å². The number of hydrogen-bond donors (Lipinski definition) is 2. The summed E-state index contributed by atoms with van der Waals surface area (Å²) in [6.45, 7) is 0. The third-order valence-corrected chi connectivity index (χ3v) is 4.95. The Bertz CT molecular complexity index is 726. The SMILES string of the molecule is NNC(Cc1ccc2ccccc2n1)c1ccc(Br)s1. The molecule has 0 amide bonds. The molecule has 0 spiro atoms. The van der Waals surface area contributed by atoms with E-state index in [9.17, 15) is 0 Å². The molecular formula is C15H14BrN3S. The maximum atomic E-state index is 5.69. The molecule has 0 fully saturated rings. The second-order valence-electron chi connectivity index (χ2n) is 4.56. The van der Waals surface area contributed by atoms with E-state index < -0.39 is 0 Å². The zero-order valence-corrected chi connectivity index (χ0v) is 13.1. The summed E-state index contributed by atoms with van der Waals surface area (Å²) in [5.41, 5.74) is 4.94. The lowest BCUT2D eigenvalue weighted by atomic mass is 10.1. The molecule has 0 saturated heterocycles. The molecule has 2 heterocycles. The van der Waals surface area contributed by atoms with Crippen LogP contribution in [0, 0.1) is 0 Å². The monoisotopic (exact) mass is 347 g/mol. The number of halogens is 1. The second-order valence-corrected chi connectivity index (χ2v) is 7.06. The molecule has 1 atom stereocenters. The van der Waals surface area contributed by atoms with Gasteiger partial charge in [0.15, 0.2) is 0 Å². The van der Waals surface area contributed by atoms with Crippen LogP contribution in [0.3, 0.4) is 0 Å². The van der Waals surface area contributed by atoms with Gasteiger partial charge >= 0.3 is 0 Å². The zero-order valence-electron chi connectivity index (χ0n) is 10.7. The Kier molecular flexibility index (Phi) is 4.12. The number of hydrazine groups is 1. The molecular weight excluding hydrogens is 334 g/mol. The number of fused-ring (bicyclic) bond motifs is 1. The number of para-hydroxylation sites is 1. The summed E-state index contributed by atoms with van der Waals surface area (Å²) >= 11 is 5.17. The first kappa shape index (κ1) is 13.7. The van der Waals surface area contributed by atoms with Gasteiger partial charge in [-0.2, -0.15) is 0 Å². The van der Waals surface area contributed by atoms with Crippen LogP contribution in [-0.2, 0) is 6.42 Å². The van der Waals surface area contributed by atoms with Crippen molar-refractivity contribution < 1.29 is 0 Å². The first-order valence-electron chi connectivity index (χ1n) is 6.32. The van der Waals surface area contributed by atoms with Crippen LogP contribution in [-0.4, -0.2) is 4.98 Å². The van der Waals surface area contributed by atoms with Crippen molar-refractivity contribution in [2.75, 3.05) is 0 Å². The third kappa shape index (κ3) is 2.91. The molecule has 3 N–H and O–H groups in total. The highest BCUT2D eigenvalue weighted by atomic mass is 79.9. The fraction of sp³-hybridized carbons (Fsp3) is 0.133. The van der Waals surface area contributed by atoms with E-state index in [1.165, 1.54) is 4.88 Å². The maximum Gasteiger partial charge on any atom is 0.0705 e. The van der Waals surface area contributed by atoms with Crippen LogP contribution in [0.5, 0.6) is 0 Å². The van der Waals surface area contributed by atoms with Crippen molar-refractivity contribution in [1.82, 2.24) is 10.4 Å². The number of hydrogen-bond acceptors (Lipinski definition) is 4. The number of nitrogens with one attached hydrogen (secondary N) is 1. The lowest BCUT2D eigenvalue weighted by molar-refractivity contribution is 0.555. The highest BCUT2D eigenvalue weighted by molar-refractivity contribution is 9.11. The minimum absolute atomic E-state index is 0.0833. The molecule has 0 aliphatic carbocycles. The quantitative estimate of drug-likeness (QED) is 0.557. The Morgan fingerprint density at radius 1 is 1.15 bits per heavy atom. The first-order chi connectivity index (χ1) is 9.76. The predicted octanol–water partition coefficient (Wildman–Crippen LogP) is 3.81. The van der Waals surface area contributed by atoms with E-state index >= 15 is 0 Å². The van der Waals surface area contributed by atoms with E-state index in [-0.39, 0.29) is 6.04 Å². The van der Waals surface area contributed by atoms with E-state index in [0.717, 1.165) is 26.8 Å². The van der Waals surface area contributed by atoms with Gasteiger partial charge in [0.1, 0.15) is 0 Å². The number of benzene rings is 1. The molecule has 102 valence electrons. The maximum absolute atomic E-state index is 5.69. The van der Waals surface area contributed by atoms with Gasteiger partial charge in [0, 0.05) is 22.4 Å². The molecule has 20 heavy (non-hydrogen) atoms. The van der Waals surface area contributed by atoms with Crippen molar-refractivity contribution in [1.29, 1.82) is 0 Å². The molecule has 1 unspecified atom stereocenters. The van der Waals surface area contributed by atoms with Gasteiger partial charge in [-0.15, -0.1) is 11.3 Å². The van der Waals surface area contributed by atoms with E-state index in [1.807, 2.05) is 24.3 Å². The molecule has 1 aromatic carbocycles. The topological polar surface area (TPSA) is 50.9 Å². The van der Waals surface area contributed by atoms with Gasteiger partial charge in [0.05, 0.1) is 15.3 Å². The molecule has 0 aliphatic rings. The van der Waals surface area contributed by atoms with Crippen LogP contribution in [0.1, 0.15) is 16.6 Å². The van der Waals surface area contributed by atoms with Gasteiger partial charge in [-0.05, 0) is 40.2 Å². The molecule has 3 aromatic rings. The van der Waals surface area contributed by atoms with Gasteiger partial charge in [0.25, 0.3) is 0 Å². The summed E-state index contributed by atoms with van der Waals surface area (Å²) in [5.74, 6) is 5.69. The average molecular weight is 348 g/mol. The van der Waals surface area contributed by atoms with Gasteiger partial charge in [0.2, 0.25) is 0 Å². The Morgan fingerprint density at radius 3 is 2.75 bits per heavy atom. The zero-order chi connectivity index (χ0) is 13.9. The van der Waals surface area contributed by atoms with Crippen molar-refractivity contribution in [3.8, 4) is 0 Å². The summed E-state index contributed by atoms with van der Waals surface area (Å²) in [5, 5.41) is 1.16. The third-order valence-electron chi connectivity index (χ3n) is 3.21. The summed E-state index contributed by atoms with van der Waals surface area (Å²) in [7, 11) is 0. The van der Waals surface area contributed by atoms with E-state index in [4.69, 9.17) is 10.8 Å². The number of aromatic nitrogens is 1. The minimum atomic E-state index is 0.0833. The van der Waals surface area contributed by atoms with Crippen LogP contribution >= 0.6 is 27.3 Å². The normalized spacial score (nSPS) is 12.7. The molecule has 3 rings (SSSR count). The highest BCUT2D eigenvalue weighted by Crippen LogP contribution is 2.28. The van der Waals surface area contributed by atoms with Crippen molar-refractivity contribution in [2.45, 2.75) is 12.5 Å². The molecule has 3 nitrogen and oxygen atoms in total. The van der Waals surface area contributed by atoms with Crippen LogP contribution < -0.4 is 11.3 Å².